The molecule has 4 nitrogen and oxygen atoms in total. The Bertz CT molecular complexity index is 609. The molecule has 0 saturated heterocycles. The summed E-state index contributed by atoms with van der Waals surface area (Å²) in [5, 5.41) is 12.4. The molecular formula is C17H20N2O2. The molecule has 0 fully saturated rings. The third kappa shape index (κ3) is 4.31. The molecule has 0 amide bonds. The summed E-state index contributed by atoms with van der Waals surface area (Å²) in [5.74, 6) is -0.112. The van der Waals surface area contributed by atoms with Crippen LogP contribution in [0.25, 0.3) is 0 Å². The third-order valence-electron chi connectivity index (χ3n) is 3.25. The number of hydrogen-bond donors (Lipinski definition) is 2. The minimum absolute atomic E-state index is 0.193. The van der Waals surface area contributed by atoms with Crippen LogP contribution < -0.4 is 5.32 Å². The summed E-state index contributed by atoms with van der Waals surface area (Å²) in [6, 6.07) is 13.4. The highest BCUT2D eigenvalue weighted by Gasteiger charge is 2.10. The Morgan fingerprint density at radius 2 is 1.95 bits per heavy atom. The van der Waals surface area contributed by atoms with Gasteiger partial charge in [-0.3, -0.25) is 0 Å². The van der Waals surface area contributed by atoms with E-state index in [4.69, 9.17) is 5.11 Å². The van der Waals surface area contributed by atoms with Gasteiger partial charge in [0, 0.05) is 12.2 Å². The van der Waals surface area contributed by atoms with Gasteiger partial charge in [-0.25, -0.2) is 9.78 Å². The van der Waals surface area contributed by atoms with Crippen LogP contribution in [0.3, 0.4) is 0 Å². The van der Waals surface area contributed by atoms with E-state index in [9.17, 15) is 4.79 Å². The first-order valence-electron chi connectivity index (χ1n) is 7.09. The maximum Gasteiger partial charge on any atom is 0.335 e. The Kier molecular flexibility index (Phi) is 4.93. The monoisotopic (exact) mass is 284 g/mol. The number of anilines is 1. The predicted molar refractivity (Wildman–Crippen MR) is 83.9 cm³/mol. The Hall–Kier alpha value is -2.36. The lowest BCUT2D eigenvalue weighted by Crippen LogP contribution is -2.10. The van der Waals surface area contributed by atoms with E-state index < -0.39 is 5.97 Å². The molecule has 0 aliphatic rings. The first-order chi connectivity index (χ1) is 10.1. The summed E-state index contributed by atoms with van der Waals surface area (Å²) < 4.78 is 0. The summed E-state index contributed by atoms with van der Waals surface area (Å²) in [7, 11) is 0. The highest BCUT2D eigenvalue weighted by Crippen LogP contribution is 2.17. The molecule has 4 heteroatoms. The summed E-state index contributed by atoms with van der Waals surface area (Å²) in [5.41, 5.74) is 2.30. The van der Waals surface area contributed by atoms with E-state index in [1.54, 1.807) is 12.1 Å². The second kappa shape index (κ2) is 6.88. The van der Waals surface area contributed by atoms with Gasteiger partial charge in [0.05, 0.1) is 5.56 Å². The molecule has 0 bridgehead atoms. The molecule has 2 rings (SSSR count). The number of benzene rings is 1. The molecule has 2 aromatic rings. The first kappa shape index (κ1) is 15.0. The maximum atomic E-state index is 11.2. The maximum absolute atomic E-state index is 11.2. The Morgan fingerprint density at radius 3 is 2.57 bits per heavy atom. The number of carboxylic acids is 1. The van der Waals surface area contributed by atoms with Crippen molar-refractivity contribution in [1.29, 1.82) is 0 Å². The van der Waals surface area contributed by atoms with Crippen molar-refractivity contribution in [3.8, 4) is 0 Å². The zero-order chi connectivity index (χ0) is 15.2. The summed E-state index contributed by atoms with van der Waals surface area (Å²) in [6.45, 7) is 4.72. The summed E-state index contributed by atoms with van der Waals surface area (Å²) in [4.78, 5) is 15.6. The summed E-state index contributed by atoms with van der Waals surface area (Å²) >= 11 is 0. The molecular weight excluding hydrogens is 264 g/mol. The highest BCUT2D eigenvalue weighted by atomic mass is 16.4. The van der Waals surface area contributed by atoms with Crippen LogP contribution in [0.1, 0.15) is 41.4 Å². The van der Waals surface area contributed by atoms with Crippen LogP contribution in [-0.2, 0) is 6.42 Å². The van der Waals surface area contributed by atoms with Gasteiger partial charge in [-0.15, -0.1) is 0 Å². The molecule has 0 unspecified atom stereocenters. The number of carboxylic acid groups (broad SMARTS) is 1. The Morgan fingerprint density at radius 1 is 1.24 bits per heavy atom. The highest BCUT2D eigenvalue weighted by molar-refractivity contribution is 5.88. The van der Waals surface area contributed by atoms with Gasteiger partial charge in [0.2, 0.25) is 0 Å². The fraction of sp³-hybridized carbons (Fsp3) is 0.294. The predicted octanol–water partition coefficient (Wildman–Crippen LogP) is 3.56. The molecule has 1 heterocycles. The lowest BCUT2D eigenvalue weighted by molar-refractivity contribution is 0.0696. The second-order valence-electron chi connectivity index (χ2n) is 5.29. The van der Waals surface area contributed by atoms with Gasteiger partial charge in [0.1, 0.15) is 5.82 Å². The van der Waals surface area contributed by atoms with Crippen LogP contribution >= 0.6 is 0 Å². The zero-order valence-corrected chi connectivity index (χ0v) is 12.3. The Balaban J connectivity index is 2.06. The van der Waals surface area contributed by atoms with Crippen LogP contribution in [0.15, 0.2) is 42.5 Å². The number of hydrogen-bond acceptors (Lipinski definition) is 3. The molecule has 2 N–H and O–H groups in total. The minimum atomic E-state index is -0.926. The lowest BCUT2D eigenvalue weighted by Gasteiger charge is -2.11. The summed E-state index contributed by atoms with van der Waals surface area (Å²) in [6.07, 6.45) is 0.872. The second-order valence-corrected chi connectivity index (χ2v) is 5.29. The van der Waals surface area contributed by atoms with Crippen molar-refractivity contribution in [2.75, 3.05) is 11.9 Å². The fourth-order valence-electron chi connectivity index (χ4n) is 2.04. The van der Waals surface area contributed by atoms with Crippen LogP contribution in [-0.4, -0.2) is 22.6 Å². The van der Waals surface area contributed by atoms with E-state index >= 15 is 0 Å². The quantitative estimate of drug-likeness (QED) is 0.851. The molecule has 0 aliphatic heterocycles. The molecule has 0 saturated carbocycles. The average molecular weight is 284 g/mol. The number of nitrogens with one attached hydrogen (secondary N) is 1. The van der Waals surface area contributed by atoms with Gasteiger partial charge in [-0.05, 0) is 30.0 Å². The van der Waals surface area contributed by atoms with Crippen LogP contribution in [0.5, 0.6) is 0 Å². The molecule has 1 aromatic carbocycles. The van der Waals surface area contributed by atoms with Crippen molar-refractivity contribution in [3.05, 3.63) is 59.3 Å². The number of aromatic carboxylic acids is 1. The van der Waals surface area contributed by atoms with E-state index in [1.165, 1.54) is 5.56 Å². The largest absolute Gasteiger partial charge is 0.478 e. The first-order valence-corrected chi connectivity index (χ1v) is 7.09. The van der Waals surface area contributed by atoms with Crippen molar-refractivity contribution in [1.82, 2.24) is 4.98 Å². The fourth-order valence-corrected chi connectivity index (χ4v) is 2.04. The van der Waals surface area contributed by atoms with Gasteiger partial charge in [0.15, 0.2) is 0 Å². The van der Waals surface area contributed by atoms with Crippen molar-refractivity contribution >= 4 is 11.8 Å². The molecule has 1 aromatic heterocycles. The van der Waals surface area contributed by atoms with Gasteiger partial charge in [0.25, 0.3) is 0 Å². The SMILES string of the molecule is CC(C)c1cc(C(=O)O)cc(NCCc2ccccc2)n1. The van der Waals surface area contributed by atoms with E-state index in [0.29, 0.717) is 5.82 Å². The topological polar surface area (TPSA) is 62.2 Å². The molecule has 21 heavy (non-hydrogen) atoms. The standard InChI is InChI=1S/C17H20N2O2/c1-12(2)15-10-14(17(20)21)11-16(19-15)18-9-8-13-6-4-3-5-7-13/h3-7,10-12H,8-9H2,1-2H3,(H,18,19)(H,20,21). The minimum Gasteiger partial charge on any atom is -0.478 e. The number of nitrogens with zero attached hydrogens (tertiary/aromatic N) is 1. The van der Waals surface area contributed by atoms with E-state index in [0.717, 1.165) is 18.7 Å². The number of rotatable bonds is 6. The van der Waals surface area contributed by atoms with Crippen molar-refractivity contribution in [2.24, 2.45) is 0 Å². The molecule has 0 atom stereocenters. The number of carbonyl (C=O) groups is 1. The molecule has 0 radical (unpaired) electrons. The third-order valence-corrected chi connectivity index (χ3v) is 3.25. The van der Waals surface area contributed by atoms with Crippen molar-refractivity contribution in [2.45, 2.75) is 26.2 Å². The van der Waals surface area contributed by atoms with Crippen LogP contribution in [0.4, 0.5) is 5.82 Å². The number of pyridine rings is 1. The van der Waals surface area contributed by atoms with Crippen molar-refractivity contribution < 1.29 is 9.90 Å². The molecule has 0 aliphatic carbocycles. The van der Waals surface area contributed by atoms with Crippen molar-refractivity contribution in [3.63, 3.8) is 0 Å². The van der Waals surface area contributed by atoms with Crippen LogP contribution in [0.2, 0.25) is 0 Å². The normalized spacial score (nSPS) is 10.6. The number of aromatic nitrogens is 1. The lowest BCUT2D eigenvalue weighted by atomic mass is 10.1. The Labute approximate surface area is 124 Å². The molecule has 0 spiro atoms. The van der Waals surface area contributed by atoms with Gasteiger partial charge >= 0.3 is 5.97 Å². The van der Waals surface area contributed by atoms with E-state index in [-0.39, 0.29) is 11.5 Å². The van der Waals surface area contributed by atoms with Gasteiger partial charge < -0.3 is 10.4 Å². The smallest absolute Gasteiger partial charge is 0.335 e. The zero-order valence-electron chi connectivity index (χ0n) is 12.3. The van der Waals surface area contributed by atoms with Gasteiger partial charge in [-0.2, -0.15) is 0 Å². The van der Waals surface area contributed by atoms with E-state index in [2.05, 4.69) is 22.4 Å². The average Bonchev–Trinajstić information content (AvgIpc) is 2.48. The van der Waals surface area contributed by atoms with Gasteiger partial charge in [-0.1, -0.05) is 44.2 Å². The van der Waals surface area contributed by atoms with E-state index in [1.807, 2.05) is 32.0 Å². The molecule has 110 valence electrons. The van der Waals surface area contributed by atoms with Crippen LogP contribution in [0, 0.1) is 0 Å².